The van der Waals surface area contributed by atoms with Crippen molar-refractivity contribution in [1.82, 2.24) is 4.31 Å². The number of fused-ring (bicyclic) bond motifs is 1. The summed E-state index contributed by atoms with van der Waals surface area (Å²) in [6, 6.07) is 10.3. The minimum atomic E-state index is -4.08. The Morgan fingerprint density at radius 3 is 2.48 bits per heavy atom. The van der Waals surface area contributed by atoms with Gasteiger partial charge in [-0.3, -0.25) is 4.79 Å². The van der Waals surface area contributed by atoms with Gasteiger partial charge >= 0.3 is 5.97 Å². The number of benzene rings is 2. The highest BCUT2D eigenvalue weighted by molar-refractivity contribution is 9.10. The number of rotatable bonds is 4. The molecular formula is C18H17BrN2O5S. The lowest BCUT2D eigenvalue weighted by Gasteiger charge is -2.34. The lowest BCUT2D eigenvalue weighted by Crippen LogP contribution is -2.51. The molecule has 0 saturated carbocycles. The molecule has 0 aromatic heterocycles. The molecular weight excluding hydrogens is 436 g/mol. The van der Waals surface area contributed by atoms with E-state index in [0.717, 1.165) is 15.4 Å². The van der Waals surface area contributed by atoms with Crippen LogP contribution >= 0.6 is 15.9 Å². The van der Waals surface area contributed by atoms with Crippen molar-refractivity contribution < 1.29 is 22.7 Å². The van der Waals surface area contributed by atoms with E-state index < -0.39 is 27.9 Å². The van der Waals surface area contributed by atoms with Crippen molar-refractivity contribution in [2.75, 3.05) is 7.11 Å². The molecule has 0 bridgehead atoms. The Balaban J connectivity index is 2.08. The molecule has 27 heavy (non-hydrogen) atoms. The Morgan fingerprint density at radius 1 is 1.19 bits per heavy atom. The first-order valence-corrected chi connectivity index (χ1v) is 10.2. The third-order valence-electron chi connectivity index (χ3n) is 4.48. The van der Waals surface area contributed by atoms with Crippen LogP contribution in [0.2, 0.25) is 0 Å². The zero-order chi connectivity index (χ0) is 19.8. The van der Waals surface area contributed by atoms with E-state index in [4.69, 9.17) is 5.73 Å². The van der Waals surface area contributed by atoms with E-state index in [2.05, 4.69) is 20.7 Å². The number of hydrogen-bond donors (Lipinski definition) is 1. The Hall–Kier alpha value is -2.23. The average molecular weight is 453 g/mol. The van der Waals surface area contributed by atoms with E-state index in [1.165, 1.54) is 25.3 Å². The number of nitrogens with two attached hydrogens (primary N) is 1. The average Bonchev–Trinajstić information content (AvgIpc) is 2.66. The fourth-order valence-electron chi connectivity index (χ4n) is 3.06. The standard InChI is InChI=1S/C18H17BrN2O5S/c1-26-18(23)14-9-13(6-7-15(14)19)27(24,25)21-10-12-5-3-2-4-11(12)8-16(21)17(20)22/h2-7,9,16H,8,10H2,1H3,(H2,20,22)/t16-/m0/s1. The van der Waals surface area contributed by atoms with Gasteiger partial charge in [-0.05, 0) is 51.7 Å². The highest BCUT2D eigenvalue weighted by Crippen LogP contribution is 2.30. The lowest BCUT2D eigenvalue weighted by molar-refractivity contribution is -0.122. The SMILES string of the molecule is COC(=O)c1cc(S(=O)(=O)N2Cc3ccccc3C[C@H]2C(N)=O)ccc1Br. The quantitative estimate of drug-likeness (QED) is 0.712. The summed E-state index contributed by atoms with van der Waals surface area (Å²) in [6.45, 7) is 0.0235. The van der Waals surface area contributed by atoms with E-state index in [9.17, 15) is 18.0 Å². The number of carbonyl (C=O) groups excluding carboxylic acids is 2. The molecule has 1 amide bonds. The summed E-state index contributed by atoms with van der Waals surface area (Å²) >= 11 is 3.21. The maximum atomic E-state index is 13.2. The molecule has 142 valence electrons. The molecule has 1 aliphatic heterocycles. The number of primary amides is 1. The van der Waals surface area contributed by atoms with Crippen LogP contribution in [0.25, 0.3) is 0 Å². The second-order valence-corrected chi connectivity index (χ2v) is 8.82. The van der Waals surface area contributed by atoms with E-state index in [1.54, 1.807) is 0 Å². The Labute approximate surface area is 165 Å². The van der Waals surface area contributed by atoms with Gasteiger partial charge in [0, 0.05) is 11.0 Å². The molecule has 0 unspecified atom stereocenters. The maximum Gasteiger partial charge on any atom is 0.339 e. The first-order chi connectivity index (χ1) is 12.8. The first-order valence-electron chi connectivity index (χ1n) is 8.01. The third-order valence-corrected chi connectivity index (χ3v) is 7.03. The predicted octanol–water partition coefficient (Wildman–Crippen LogP) is 1.84. The molecule has 1 heterocycles. The van der Waals surface area contributed by atoms with Gasteiger partial charge in [-0.1, -0.05) is 24.3 Å². The fourth-order valence-corrected chi connectivity index (χ4v) is 5.07. The zero-order valence-electron chi connectivity index (χ0n) is 14.4. The smallest absolute Gasteiger partial charge is 0.339 e. The summed E-state index contributed by atoms with van der Waals surface area (Å²) < 4.78 is 32.7. The monoisotopic (exact) mass is 452 g/mol. The van der Waals surface area contributed by atoms with Crippen LogP contribution in [0.5, 0.6) is 0 Å². The number of hydrogen-bond acceptors (Lipinski definition) is 5. The molecule has 2 N–H and O–H groups in total. The van der Waals surface area contributed by atoms with Crippen LogP contribution in [-0.4, -0.2) is 37.8 Å². The van der Waals surface area contributed by atoms with Crippen molar-refractivity contribution in [2.45, 2.75) is 23.9 Å². The number of carbonyl (C=O) groups is 2. The zero-order valence-corrected chi connectivity index (χ0v) is 16.8. The molecule has 0 saturated heterocycles. The normalized spacial score (nSPS) is 17.2. The number of sulfonamides is 1. The number of amides is 1. The predicted molar refractivity (Wildman–Crippen MR) is 101 cm³/mol. The van der Waals surface area contributed by atoms with Crippen LogP contribution in [0.15, 0.2) is 51.8 Å². The van der Waals surface area contributed by atoms with E-state index in [1.807, 2.05) is 24.3 Å². The highest BCUT2D eigenvalue weighted by atomic mass is 79.9. The Morgan fingerprint density at radius 2 is 1.85 bits per heavy atom. The summed E-state index contributed by atoms with van der Waals surface area (Å²) in [6.07, 6.45) is 0.200. The van der Waals surface area contributed by atoms with Gasteiger partial charge in [0.1, 0.15) is 6.04 Å². The molecule has 7 nitrogen and oxygen atoms in total. The molecule has 1 aliphatic rings. The van der Waals surface area contributed by atoms with E-state index >= 15 is 0 Å². The molecule has 2 aromatic rings. The van der Waals surface area contributed by atoms with Gasteiger partial charge in [-0.25, -0.2) is 13.2 Å². The summed E-state index contributed by atoms with van der Waals surface area (Å²) in [7, 11) is -2.87. The largest absolute Gasteiger partial charge is 0.465 e. The van der Waals surface area contributed by atoms with Crippen LogP contribution < -0.4 is 5.73 Å². The topological polar surface area (TPSA) is 107 Å². The van der Waals surface area contributed by atoms with Crippen molar-refractivity contribution in [3.8, 4) is 0 Å². The van der Waals surface area contributed by atoms with Gasteiger partial charge in [0.2, 0.25) is 15.9 Å². The van der Waals surface area contributed by atoms with Crippen LogP contribution in [0.4, 0.5) is 0 Å². The minimum absolute atomic E-state index is 0.0235. The van der Waals surface area contributed by atoms with Crippen molar-refractivity contribution in [1.29, 1.82) is 0 Å². The first kappa shape index (κ1) is 19.5. The number of ether oxygens (including phenoxy) is 1. The number of esters is 1. The van der Waals surface area contributed by atoms with E-state index in [0.29, 0.717) is 4.47 Å². The second kappa shape index (κ2) is 7.41. The van der Waals surface area contributed by atoms with Gasteiger partial charge in [0.15, 0.2) is 0 Å². The summed E-state index contributed by atoms with van der Waals surface area (Å²) in [4.78, 5) is 23.7. The summed E-state index contributed by atoms with van der Waals surface area (Å²) in [5.41, 5.74) is 7.26. The van der Waals surface area contributed by atoms with Crippen molar-refractivity contribution in [3.05, 3.63) is 63.6 Å². The second-order valence-electron chi connectivity index (χ2n) is 6.07. The van der Waals surface area contributed by atoms with Crippen LogP contribution in [-0.2, 0) is 32.5 Å². The number of nitrogens with zero attached hydrogens (tertiary/aromatic N) is 1. The molecule has 1 atom stereocenters. The Kier molecular flexibility index (Phi) is 5.36. The van der Waals surface area contributed by atoms with Crippen molar-refractivity contribution in [3.63, 3.8) is 0 Å². The lowest BCUT2D eigenvalue weighted by atomic mass is 9.96. The number of methoxy groups -OCH3 is 1. The van der Waals surface area contributed by atoms with Crippen LogP contribution in [0, 0.1) is 0 Å². The molecule has 9 heteroatoms. The van der Waals surface area contributed by atoms with Crippen LogP contribution in [0.1, 0.15) is 21.5 Å². The highest BCUT2D eigenvalue weighted by Gasteiger charge is 2.39. The molecule has 0 radical (unpaired) electrons. The molecule has 0 spiro atoms. The van der Waals surface area contributed by atoms with Gasteiger partial charge < -0.3 is 10.5 Å². The number of halogens is 1. The van der Waals surface area contributed by atoms with Gasteiger partial charge in [0.25, 0.3) is 0 Å². The third kappa shape index (κ3) is 3.62. The van der Waals surface area contributed by atoms with Gasteiger partial charge in [-0.2, -0.15) is 4.31 Å². The minimum Gasteiger partial charge on any atom is -0.465 e. The van der Waals surface area contributed by atoms with E-state index in [-0.39, 0.29) is 23.4 Å². The molecule has 2 aromatic carbocycles. The molecule has 0 fully saturated rings. The molecule has 3 rings (SSSR count). The molecule has 0 aliphatic carbocycles. The fraction of sp³-hybridized carbons (Fsp3) is 0.222. The van der Waals surface area contributed by atoms with Crippen molar-refractivity contribution >= 4 is 37.8 Å². The van der Waals surface area contributed by atoms with Crippen molar-refractivity contribution in [2.24, 2.45) is 5.73 Å². The Bertz CT molecular complexity index is 1020. The maximum absolute atomic E-state index is 13.2. The van der Waals surface area contributed by atoms with Gasteiger partial charge in [-0.15, -0.1) is 0 Å². The summed E-state index contributed by atoms with van der Waals surface area (Å²) in [5, 5.41) is 0. The summed E-state index contributed by atoms with van der Waals surface area (Å²) in [5.74, 6) is -1.40. The van der Waals surface area contributed by atoms with Gasteiger partial charge in [0.05, 0.1) is 17.6 Å². The van der Waals surface area contributed by atoms with Crippen LogP contribution in [0.3, 0.4) is 0 Å².